The zero-order chi connectivity index (χ0) is 12.8. The van der Waals surface area contributed by atoms with E-state index in [4.69, 9.17) is 5.73 Å². The van der Waals surface area contributed by atoms with E-state index in [1.807, 2.05) is 6.92 Å². The van der Waals surface area contributed by atoms with Gasteiger partial charge in [0.2, 0.25) is 0 Å². The van der Waals surface area contributed by atoms with Crippen LogP contribution in [0.5, 0.6) is 0 Å². The highest BCUT2D eigenvalue weighted by atomic mass is 16.2. The SMILES string of the molecule is C/C(=N\NC(N)=O)C1=C[C@]2(C)CC[C@@H]1C2(C)C. The first kappa shape index (κ1) is 12.1. The van der Waals surface area contributed by atoms with Crippen molar-refractivity contribution in [3.05, 3.63) is 11.6 Å². The maximum Gasteiger partial charge on any atom is 0.332 e. The molecule has 0 unspecified atom stereocenters. The third-order valence-electron chi connectivity index (χ3n) is 4.90. The summed E-state index contributed by atoms with van der Waals surface area (Å²) >= 11 is 0. The highest BCUT2D eigenvalue weighted by molar-refractivity contribution is 6.00. The molecule has 0 saturated heterocycles. The molecular formula is C13H21N3O. The average molecular weight is 235 g/mol. The molecule has 1 saturated carbocycles. The number of nitrogens with one attached hydrogen (secondary N) is 1. The second kappa shape index (κ2) is 3.59. The van der Waals surface area contributed by atoms with E-state index >= 15 is 0 Å². The normalized spacial score (nSPS) is 34.7. The number of urea groups is 1. The fraction of sp³-hybridized carbons (Fsp3) is 0.692. The molecule has 2 aliphatic rings. The summed E-state index contributed by atoms with van der Waals surface area (Å²) < 4.78 is 0. The van der Waals surface area contributed by atoms with E-state index in [9.17, 15) is 4.79 Å². The molecule has 1 fully saturated rings. The Balaban J connectivity index is 2.26. The molecule has 0 heterocycles. The maximum absolute atomic E-state index is 10.7. The third kappa shape index (κ3) is 1.66. The molecule has 0 radical (unpaired) electrons. The highest BCUT2D eigenvalue weighted by Gasteiger charge is 2.56. The lowest BCUT2D eigenvalue weighted by atomic mass is 9.70. The van der Waals surface area contributed by atoms with Gasteiger partial charge in [-0.15, -0.1) is 0 Å². The van der Waals surface area contributed by atoms with Gasteiger partial charge in [0.1, 0.15) is 0 Å². The van der Waals surface area contributed by atoms with Crippen LogP contribution in [-0.2, 0) is 0 Å². The van der Waals surface area contributed by atoms with Gasteiger partial charge in [-0.1, -0.05) is 26.8 Å². The van der Waals surface area contributed by atoms with Crippen molar-refractivity contribution >= 4 is 11.7 Å². The molecule has 17 heavy (non-hydrogen) atoms. The molecule has 4 heteroatoms. The number of rotatable bonds is 2. The lowest BCUT2D eigenvalue weighted by Crippen LogP contribution is -2.28. The molecule has 0 aromatic rings. The Bertz CT molecular complexity index is 422. The number of allylic oxidation sites excluding steroid dienone is 2. The van der Waals surface area contributed by atoms with E-state index in [0.717, 1.165) is 5.71 Å². The molecule has 0 aliphatic heterocycles. The maximum atomic E-state index is 10.7. The van der Waals surface area contributed by atoms with Crippen LogP contribution in [0.2, 0.25) is 0 Å². The van der Waals surface area contributed by atoms with Crippen LogP contribution in [-0.4, -0.2) is 11.7 Å². The van der Waals surface area contributed by atoms with Crippen LogP contribution < -0.4 is 11.2 Å². The predicted octanol–water partition coefficient (Wildman–Crippen LogP) is 2.41. The van der Waals surface area contributed by atoms with Crippen LogP contribution in [0.25, 0.3) is 0 Å². The van der Waals surface area contributed by atoms with Gasteiger partial charge in [0, 0.05) is 0 Å². The van der Waals surface area contributed by atoms with Gasteiger partial charge in [0.25, 0.3) is 0 Å². The Labute approximate surface area is 102 Å². The first-order valence-corrected chi connectivity index (χ1v) is 6.11. The highest BCUT2D eigenvalue weighted by Crippen LogP contribution is 2.64. The second-order valence-corrected chi connectivity index (χ2v) is 6.00. The van der Waals surface area contributed by atoms with Crippen LogP contribution in [0.1, 0.15) is 40.5 Å². The number of primary amides is 1. The largest absolute Gasteiger partial charge is 0.350 e. The minimum Gasteiger partial charge on any atom is -0.350 e. The van der Waals surface area contributed by atoms with Gasteiger partial charge in [0.15, 0.2) is 0 Å². The summed E-state index contributed by atoms with van der Waals surface area (Å²) in [6.45, 7) is 8.89. The van der Waals surface area contributed by atoms with Crippen molar-refractivity contribution in [1.29, 1.82) is 0 Å². The predicted molar refractivity (Wildman–Crippen MR) is 68.5 cm³/mol. The first-order chi connectivity index (χ1) is 7.78. The minimum absolute atomic E-state index is 0.260. The van der Waals surface area contributed by atoms with E-state index < -0.39 is 6.03 Å². The van der Waals surface area contributed by atoms with E-state index in [2.05, 4.69) is 37.4 Å². The first-order valence-electron chi connectivity index (χ1n) is 6.11. The monoisotopic (exact) mass is 235 g/mol. The van der Waals surface area contributed by atoms with E-state index in [1.165, 1.54) is 18.4 Å². The summed E-state index contributed by atoms with van der Waals surface area (Å²) in [6, 6.07) is -0.612. The molecule has 2 bridgehead atoms. The Kier molecular flexibility index (Phi) is 2.56. The number of hydrogen-bond donors (Lipinski definition) is 2. The van der Waals surface area contributed by atoms with E-state index in [1.54, 1.807) is 0 Å². The fourth-order valence-electron chi connectivity index (χ4n) is 3.33. The van der Waals surface area contributed by atoms with Gasteiger partial charge < -0.3 is 5.73 Å². The Morgan fingerprint density at radius 2 is 2.18 bits per heavy atom. The summed E-state index contributed by atoms with van der Waals surface area (Å²) in [5, 5.41) is 4.04. The molecule has 0 spiro atoms. The molecular weight excluding hydrogens is 214 g/mol. The van der Waals surface area contributed by atoms with Crippen molar-refractivity contribution in [2.75, 3.05) is 0 Å². The lowest BCUT2D eigenvalue weighted by Gasteiger charge is -2.34. The van der Waals surface area contributed by atoms with Crippen molar-refractivity contribution in [2.24, 2.45) is 27.6 Å². The summed E-state index contributed by atoms with van der Waals surface area (Å²) in [5.74, 6) is 0.547. The summed E-state index contributed by atoms with van der Waals surface area (Å²) in [5.41, 5.74) is 10.0. The van der Waals surface area contributed by atoms with Crippen molar-refractivity contribution in [3.8, 4) is 0 Å². The third-order valence-corrected chi connectivity index (χ3v) is 4.90. The average Bonchev–Trinajstić information content (AvgIpc) is 2.57. The van der Waals surface area contributed by atoms with Gasteiger partial charge in [-0.2, -0.15) is 5.10 Å². The minimum atomic E-state index is -0.612. The van der Waals surface area contributed by atoms with Crippen molar-refractivity contribution in [1.82, 2.24) is 5.43 Å². The number of hydrazone groups is 1. The van der Waals surface area contributed by atoms with Crippen LogP contribution in [0, 0.1) is 16.7 Å². The van der Waals surface area contributed by atoms with Crippen LogP contribution in [0.15, 0.2) is 16.8 Å². The summed E-state index contributed by atoms with van der Waals surface area (Å²) in [7, 11) is 0. The quantitative estimate of drug-likeness (QED) is 0.560. The van der Waals surface area contributed by atoms with E-state index in [-0.39, 0.29) is 10.8 Å². The molecule has 2 aliphatic carbocycles. The molecule has 2 amide bonds. The zero-order valence-corrected chi connectivity index (χ0v) is 11.0. The van der Waals surface area contributed by atoms with E-state index in [0.29, 0.717) is 5.92 Å². The Morgan fingerprint density at radius 1 is 1.53 bits per heavy atom. The Hall–Kier alpha value is -1.32. The smallest absolute Gasteiger partial charge is 0.332 e. The van der Waals surface area contributed by atoms with Gasteiger partial charge in [-0.3, -0.25) is 0 Å². The number of amides is 2. The van der Waals surface area contributed by atoms with Crippen molar-refractivity contribution in [2.45, 2.75) is 40.5 Å². The number of hydrogen-bond acceptors (Lipinski definition) is 2. The molecule has 2 rings (SSSR count). The number of carbonyl (C=O) groups is 1. The molecule has 3 N–H and O–H groups in total. The lowest BCUT2D eigenvalue weighted by molar-refractivity contribution is 0.181. The van der Waals surface area contributed by atoms with Crippen LogP contribution in [0.4, 0.5) is 4.79 Å². The molecule has 2 atom stereocenters. The molecule has 94 valence electrons. The van der Waals surface area contributed by atoms with Gasteiger partial charge in [0.05, 0.1) is 5.71 Å². The zero-order valence-electron chi connectivity index (χ0n) is 11.0. The van der Waals surface area contributed by atoms with Crippen LogP contribution >= 0.6 is 0 Å². The summed E-state index contributed by atoms with van der Waals surface area (Å²) in [6.07, 6.45) is 4.78. The fourth-order valence-corrected chi connectivity index (χ4v) is 3.33. The van der Waals surface area contributed by atoms with Gasteiger partial charge in [-0.05, 0) is 42.1 Å². The second-order valence-electron chi connectivity index (χ2n) is 6.00. The van der Waals surface area contributed by atoms with Gasteiger partial charge in [-0.25, -0.2) is 10.2 Å². The van der Waals surface area contributed by atoms with Gasteiger partial charge >= 0.3 is 6.03 Å². The standard InChI is InChI=1S/C13H21N3O/c1-8(15-16-11(14)17)9-7-13(4)6-5-10(9)12(13,2)3/h7,10H,5-6H2,1-4H3,(H3,14,16,17)/b15-8+/t10-,13-/m0/s1. The van der Waals surface area contributed by atoms with Crippen molar-refractivity contribution < 1.29 is 4.79 Å². The number of nitrogens with two attached hydrogens (primary N) is 1. The molecule has 4 nitrogen and oxygen atoms in total. The molecule has 0 aromatic carbocycles. The number of nitrogens with zero attached hydrogens (tertiary/aromatic N) is 1. The Morgan fingerprint density at radius 3 is 2.59 bits per heavy atom. The number of fused-ring (bicyclic) bond motifs is 2. The summed E-state index contributed by atoms with van der Waals surface area (Å²) in [4.78, 5) is 10.7. The number of carbonyl (C=O) groups excluding carboxylic acids is 1. The molecule has 0 aromatic heterocycles. The topological polar surface area (TPSA) is 67.5 Å². The van der Waals surface area contributed by atoms with Crippen molar-refractivity contribution in [3.63, 3.8) is 0 Å². The van der Waals surface area contributed by atoms with Crippen LogP contribution in [0.3, 0.4) is 0 Å².